The zero-order valence-electron chi connectivity index (χ0n) is 15.9. The third-order valence-electron chi connectivity index (χ3n) is 4.65. The minimum atomic E-state index is -0.0166. The molecule has 1 saturated heterocycles. The molecule has 0 saturated carbocycles. The van der Waals surface area contributed by atoms with E-state index < -0.39 is 0 Å². The van der Waals surface area contributed by atoms with Gasteiger partial charge in [0.05, 0.1) is 19.8 Å². The number of carbonyl (C=O) groups is 1. The molecule has 1 aliphatic rings. The van der Waals surface area contributed by atoms with E-state index in [9.17, 15) is 4.79 Å². The van der Waals surface area contributed by atoms with Crippen LogP contribution in [0, 0.1) is 6.92 Å². The summed E-state index contributed by atoms with van der Waals surface area (Å²) < 4.78 is 6.45. The molecule has 1 N–H and O–H groups in total. The van der Waals surface area contributed by atoms with Crippen molar-refractivity contribution in [2.24, 2.45) is 0 Å². The molecular formula is C21H26BrN3O2. The lowest BCUT2D eigenvalue weighted by atomic mass is 10.1. The maximum Gasteiger partial charge on any atom is 0.238 e. The van der Waals surface area contributed by atoms with E-state index in [-0.39, 0.29) is 5.91 Å². The SMILES string of the molecule is Cc1ccc(NC(=O)CN(C)Cc2ccccc2N2CCOCC2)cc1Br. The Balaban J connectivity index is 1.59. The third kappa shape index (κ3) is 5.54. The number of rotatable bonds is 6. The monoisotopic (exact) mass is 431 g/mol. The van der Waals surface area contributed by atoms with E-state index in [2.05, 4.69) is 50.4 Å². The predicted octanol–water partition coefficient (Wildman–Crippen LogP) is 3.66. The number of benzene rings is 2. The van der Waals surface area contributed by atoms with Gasteiger partial charge in [0.2, 0.25) is 5.91 Å². The van der Waals surface area contributed by atoms with E-state index in [0.29, 0.717) is 6.54 Å². The number of likely N-dealkylation sites (N-methyl/N-ethyl adjacent to an activating group) is 1. The van der Waals surface area contributed by atoms with E-state index in [4.69, 9.17) is 4.74 Å². The molecule has 2 aromatic carbocycles. The minimum Gasteiger partial charge on any atom is -0.378 e. The summed E-state index contributed by atoms with van der Waals surface area (Å²) in [6.45, 7) is 6.42. The quantitative estimate of drug-likeness (QED) is 0.757. The van der Waals surface area contributed by atoms with Gasteiger partial charge in [-0.05, 0) is 43.3 Å². The first kappa shape index (κ1) is 19.9. The number of para-hydroxylation sites is 1. The fourth-order valence-electron chi connectivity index (χ4n) is 3.22. The largest absolute Gasteiger partial charge is 0.378 e. The zero-order chi connectivity index (χ0) is 19.2. The van der Waals surface area contributed by atoms with E-state index in [1.54, 1.807) is 0 Å². The smallest absolute Gasteiger partial charge is 0.238 e. The molecule has 0 aliphatic carbocycles. The van der Waals surface area contributed by atoms with Crippen molar-refractivity contribution in [2.45, 2.75) is 13.5 Å². The van der Waals surface area contributed by atoms with Crippen molar-refractivity contribution >= 4 is 33.2 Å². The third-order valence-corrected chi connectivity index (χ3v) is 5.51. The van der Waals surface area contributed by atoms with E-state index in [1.165, 1.54) is 11.3 Å². The van der Waals surface area contributed by atoms with Gasteiger partial charge in [-0.3, -0.25) is 9.69 Å². The summed E-state index contributed by atoms with van der Waals surface area (Å²) in [6.07, 6.45) is 0. The lowest BCUT2D eigenvalue weighted by Gasteiger charge is -2.31. The number of anilines is 2. The number of halogens is 1. The van der Waals surface area contributed by atoms with Crippen LogP contribution >= 0.6 is 15.9 Å². The Morgan fingerprint density at radius 3 is 2.70 bits per heavy atom. The van der Waals surface area contributed by atoms with Crippen LogP contribution in [0.2, 0.25) is 0 Å². The van der Waals surface area contributed by atoms with Crippen molar-refractivity contribution in [3.63, 3.8) is 0 Å². The summed E-state index contributed by atoms with van der Waals surface area (Å²) >= 11 is 3.50. The zero-order valence-corrected chi connectivity index (χ0v) is 17.5. The summed E-state index contributed by atoms with van der Waals surface area (Å²) in [5.74, 6) is -0.0166. The van der Waals surface area contributed by atoms with Gasteiger partial charge in [0.1, 0.15) is 0 Å². The van der Waals surface area contributed by atoms with Gasteiger partial charge in [-0.2, -0.15) is 0 Å². The maximum absolute atomic E-state index is 12.4. The molecule has 2 aromatic rings. The standard InChI is InChI=1S/C21H26BrN3O2/c1-16-7-8-18(13-19(16)22)23-21(26)15-24(2)14-17-5-3-4-6-20(17)25-9-11-27-12-10-25/h3-8,13H,9-12,14-15H2,1-2H3,(H,23,26). The van der Waals surface area contributed by atoms with Crippen molar-refractivity contribution in [1.29, 1.82) is 0 Å². The summed E-state index contributed by atoms with van der Waals surface area (Å²) in [5.41, 5.74) is 4.41. The van der Waals surface area contributed by atoms with Gasteiger partial charge in [0, 0.05) is 35.5 Å². The predicted molar refractivity (Wildman–Crippen MR) is 113 cm³/mol. The fourth-order valence-corrected chi connectivity index (χ4v) is 3.60. The molecule has 1 aliphatic heterocycles. The van der Waals surface area contributed by atoms with Gasteiger partial charge in [-0.25, -0.2) is 0 Å². The van der Waals surface area contributed by atoms with Gasteiger partial charge < -0.3 is 15.0 Å². The number of aryl methyl sites for hydroxylation is 1. The van der Waals surface area contributed by atoms with Crippen LogP contribution in [-0.2, 0) is 16.1 Å². The normalized spacial score (nSPS) is 14.4. The average molecular weight is 432 g/mol. The number of ether oxygens (including phenoxy) is 1. The Hall–Kier alpha value is -1.89. The average Bonchev–Trinajstić information content (AvgIpc) is 2.66. The first-order valence-electron chi connectivity index (χ1n) is 9.18. The van der Waals surface area contributed by atoms with Gasteiger partial charge in [0.25, 0.3) is 0 Å². The van der Waals surface area contributed by atoms with Gasteiger partial charge in [-0.1, -0.05) is 40.2 Å². The highest BCUT2D eigenvalue weighted by Gasteiger charge is 2.16. The minimum absolute atomic E-state index is 0.0166. The number of morpholine rings is 1. The Bertz CT molecular complexity index is 791. The van der Waals surface area contributed by atoms with E-state index >= 15 is 0 Å². The van der Waals surface area contributed by atoms with E-state index in [1.807, 2.05) is 37.1 Å². The van der Waals surface area contributed by atoms with Crippen LogP contribution in [0.1, 0.15) is 11.1 Å². The molecule has 0 aromatic heterocycles. The van der Waals surface area contributed by atoms with Gasteiger partial charge in [-0.15, -0.1) is 0 Å². The van der Waals surface area contributed by atoms with Crippen LogP contribution in [0.15, 0.2) is 46.9 Å². The number of hydrogen-bond donors (Lipinski definition) is 1. The molecule has 6 heteroatoms. The molecule has 1 heterocycles. The molecule has 27 heavy (non-hydrogen) atoms. The van der Waals surface area contributed by atoms with Gasteiger partial charge in [0.15, 0.2) is 0 Å². The van der Waals surface area contributed by atoms with Crippen LogP contribution in [0.3, 0.4) is 0 Å². The Labute approximate surface area is 169 Å². The summed E-state index contributed by atoms with van der Waals surface area (Å²) in [4.78, 5) is 16.8. The molecule has 0 unspecified atom stereocenters. The highest BCUT2D eigenvalue weighted by atomic mass is 79.9. The number of carbonyl (C=O) groups excluding carboxylic acids is 1. The number of nitrogens with one attached hydrogen (secondary N) is 1. The van der Waals surface area contributed by atoms with Crippen molar-refractivity contribution in [3.8, 4) is 0 Å². The first-order chi connectivity index (χ1) is 13.0. The Kier molecular flexibility index (Phi) is 6.88. The van der Waals surface area contributed by atoms with Crippen molar-refractivity contribution in [2.75, 3.05) is 50.1 Å². The molecule has 1 fully saturated rings. The summed E-state index contributed by atoms with van der Waals surface area (Å²) in [7, 11) is 1.97. The van der Waals surface area contributed by atoms with Crippen molar-refractivity contribution in [1.82, 2.24) is 4.90 Å². The molecule has 0 radical (unpaired) electrons. The highest BCUT2D eigenvalue weighted by Crippen LogP contribution is 2.23. The molecule has 0 atom stereocenters. The first-order valence-corrected chi connectivity index (χ1v) is 9.97. The topological polar surface area (TPSA) is 44.8 Å². The fraction of sp³-hybridized carbons (Fsp3) is 0.381. The molecule has 3 rings (SSSR count). The molecule has 5 nitrogen and oxygen atoms in total. The maximum atomic E-state index is 12.4. The van der Waals surface area contributed by atoms with Crippen LogP contribution in [0.5, 0.6) is 0 Å². The molecule has 0 spiro atoms. The molecule has 0 bridgehead atoms. The Morgan fingerprint density at radius 1 is 1.22 bits per heavy atom. The van der Waals surface area contributed by atoms with Crippen LogP contribution < -0.4 is 10.2 Å². The van der Waals surface area contributed by atoms with Crippen molar-refractivity contribution in [3.05, 3.63) is 58.1 Å². The number of amides is 1. The lowest BCUT2D eigenvalue weighted by molar-refractivity contribution is -0.117. The summed E-state index contributed by atoms with van der Waals surface area (Å²) in [5, 5.41) is 2.97. The second-order valence-corrected chi connectivity index (χ2v) is 7.77. The van der Waals surface area contributed by atoms with Crippen LogP contribution in [-0.4, -0.2) is 50.7 Å². The lowest BCUT2D eigenvalue weighted by Crippen LogP contribution is -2.37. The molecular weight excluding hydrogens is 406 g/mol. The molecule has 144 valence electrons. The number of nitrogens with zero attached hydrogens (tertiary/aromatic N) is 2. The number of hydrogen-bond acceptors (Lipinski definition) is 4. The van der Waals surface area contributed by atoms with E-state index in [0.717, 1.165) is 48.6 Å². The second-order valence-electron chi connectivity index (χ2n) is 6.91. The van der Waals surface area contributed by atoms with Crippen LogP contribution in [0.25, 0.3) is 0 Å². The molecule has 1 amide bonds. The van der Waals surface area contributed by atoms with Crippen LogP contribution in [0.4, 0.5) is 11.4 Å². The highest BCUT2D eigenvalue weighted by molar-refractivity contribution is 9.10. The Morgan fingerprint density at radius 2 is 1.96 bits per heavy atom. The second kappa shape index (κ2) is 9.35. The van der Waals surface area contributed by atoms with Gasteiger partial charge >= 0.3 is 0 Å². The van der Waals surface area contributed by atoms with Crippen molar-refractivity contribution < 1.29 is 9.53 Å². The summed E-state index contributed by atoms with van der Waals surface area (Å²) in [6, 6.07) is 14.2.